The molecule has 0 radical (unpaired) electrons. The fourth-order valence-electron chi connectivity index (χ4n) is 0.995. The second kappa shape index (κ2) is 5.47. The Balaban J connectivity index is 0. The van der Waals surface area contributed by atoms with Gasteiger partial charge in [0.15, 0.2) is 0 Å². The van der Waals surface area contributed by atoms with Crippen molar-refractivity contribution in [2.24, 2.45) is 5.73 Å². The summed E-state index contributed by atoms with van der Waals surface area (Å²) in [6.45, 7) is 0. The van der Waals surface area contributed by atoms with Crippen LogP contribution in [0.4, 0.5) is 5.69 Å². The highest BCUT2D eigenvalue weighted by atomic mass is 35.5. The van der Waals surface area contributed by atoms with Crippen LogP contribution < -0.4 is 23.9 Å². The standard InChI is InChI=1S/C9H12N2O2.ClH/c10-7-3-1-6(2-4-7)5-8(11)9(12)13;/h1-4,8H,5,10-11H2,(H,12,13);1H/t8-;/m0./s1. The SMILES string of the molecule is Nc1ccc(C[C@H](N)C(=O)O)cc1.[Cl-].[H+]. The number of rotatable bonds is 3. The van der Waals surface area contributed by atoms with Crippen molar-refractivity contribution in [3.8, 4) is 0 Å². The van der Waals surface area contributed by atoms with Crippen LogP contribution in [0.5, 0.6) is 0 Å². The quantitative estimate of drug-likeness (QED) is 0.481. The summed E-state index contributed by atoms with van der Waals surface area (Å²) in [5, 5.41) is 8.55. The Hall–Kier alpha value is -1.26. The highest BCUT2D eigenvalue weighted by Crippen LogP contribution is 2.07. The first-order valence-corrected chi connectivity index (χ1v) is 3.92. The second-order valence-electron chi connectivity index (χ2n) is 2.89. The summed E-state index contributed by atoms with van der Waals surface area (Å²) >= 11 is 0. The molecular weight excluding hydrogens is 204 g/mol. The van der Waals surface area contributed by atoms with Crippen molar-refractivity contribution < 1.29 is 23.7 Å². The predicted octanol–water partition coefficient (Wildman–Crippen LogP) is -2.66. The summed E-state index contributed by atoms with van der Waals surface area (Å²) in [5.74, 6) is -0.989. The summed E-state index contributed by atoms with van der Waals surface area (Å²) < 4.78 is 0. The van der Waals surface area contributed by atoms with Gasteiger partial charge in [-0.05, 0) is 24.1 Å². The summed E-state index contributed by atoms with van der Waals surface area (Å²) in [7, 11) is 0. The average molecular weight is 217 g/mol. The first-order chi connectivity index (χ1) is 6.09. The van der Waals surface area contributed by atoms with Crippen molar-refractivity contribution in [3.63, 3.8) is 0 Å². The summed E-state index contributed by atoms with van der Waals surface area (Å²) in [6.07, 6.45) is 0.329. The normalized spacial score (nSPS) is 11.5. The molecule has 14 heavy (non-hydrogen) atoms. The van der Waals surface area contributed by atoms with Gasteiger partial charge in [0, 0.05) is 5.69 Å². The van der Waals surface area contributed by atoms with Gasteiger partial charge in [0.1, 0.15) is 6.04 Å². The van der Waals surface area contributed by atoms with Gasteiger partial charge >= 0.3 is 7.40 Å². The number of carboxylic acid groups (broad SMARTS) is 1. The van der Waals surface area contributed by atoms with E-state index in [0.717, 1.165) is 5.56 Å². The van der Waals surface area contributed by atoms with Crippen molar-refractivity contribution >= 4 is 11.7 Å². The molecule has 0 heterocycles. The van der Waals surface area contributed by atoms with E-state index in [9.17, 15) is 4.79 Å². The number of nitrogens with two attached hydrogens (primary N) is 2. The number of aliphatic carboxylic acids is 1. The minimum atomic E-state index is -0.989. The van der Waals surface area contributed by atoms with E-state index in [4.69, 9.17) is 16.6 Å². The maximum absolute atomic E-state index is 10.4. The maximum Gasteiger partial charge on any atom is 1.00 e. The number of benzene rings is 1. The van der Waals surface area contributed by atoms with Gasteiger partial charge in [0.05, 0.1) is 0 Å². The van der Waals surface area contributed by atoms with Crippen molar-refractivity contribution in [2.75, 3.05) is 5.73 Å². The van der Waals surface area contributed by atoms with Crippen molar-refractivity contribution in [2.45, 2.75) is 12.5 Å². The van der Waals surface area contributed by atoms with Gasteiger partial charge in [-0.25, -0.2) is 0 Å². The average Bonchev–Trinajstić information content (AvgIpc) is 2.08. The molecule has 4 nitrogen and oxygen atoms in total. The number of halogens is 1. The molecule has 0 fully saturated rings. The molecule has 1 aromatic rings. The van der Waals surface area contributed by atoms with Crippen LogP contribution in [0.3, 0.4) is 0 Å². The van der Waals surface area contributed by atoms with E-state index in [1.807, 2.05) is 0 Å². The predicted molar refractivity (Wildman–Crippen MR) is 51.3 cm³/mol. The maximum atomic E-state index is 10.4. The van der Waals surface area contributed by atoms with E-state index in [0.29, 0.717) is 12.1 Å². The van der Waals surface area contributed by atoms with Crippen LogP contribution in [0.25, 0.3) is 0 Å². The van der Waals surface area contributed by atoms with Gasteiger partial charge < -0.3 is 29.0 Å². The summed E-state index contributed by atoms with van der Waals surface area (Å²) in [4.78, 5) is 10.4. The Morgan fingerprint density at radius 3 is 2.36 bits per heavy atom. The zero-order valence-corrected chi connectivity index (χ0v) is 8.24. The summed E-state index contributed by atoms with van der Waals surface area (Å²) in [5.41, 5.74) is 12.4. The van der Waals surface area contributed by atoms with E-state index in [1.54, 1.807) is 24.3 Å². The third kappa shape index (κ3) is 3.64. The lowest BCUT2D eigenvalue weighted by atomic mass is 10.1. The van der Waals surface area contributed by atoms with Gasteiger partial charge in [-0.1, -0.05) is 12.1 Å². The van der Waals surface area contributed by atoms with Crippen molar-refractivity contribution in [3.05, 3.63) is 29.8 Å². The lowest BCUT2D eigenvalue weighted by Gasteiger charge is -2.05. The molecule has 0 amide bonds. The highest BCUT2D eigenvalue weighted by Gasteiger charge is 2.11. The third-order valence-electron chi connectivity index (χ3n) is 1.75. The fourth-order valence-corrected chi connectivity index (χ4v) is 0.995. The van der Waals surface area contributed by atoms with Crippen LogP contribution in [0.15, 0.2) is 24.3 Å². The van der Waals surface area contributed by atoms with E-state index >= 15 is 0 Å². The molecular formula is C9H13ClN2O2. The minimum absolute atomic E-state index is 0. The monoisotopic (exact) mass is 216 g/mol. The Bertz CT molecular complexity index is 305. The molecule has 0 aliphatic heterocycles. The van der Waals surface area contributed by atoms with Gasteiger partial charge in [-0.3, -0.25) is 4.79 Å². The number of hydrogen-bond acceptors (Lipinski definition) is 3. The molecule has 1 aromatic carbocycles. The molecule has 1 rings (SSSR count). The second-order valence-corrected chi connectivity index (χ2v) is 2.89. The van der Waals surface area contributed by atoms with E-state index in [-0.39, 0.29) is 13.8 Å². The molecule has 78 valence electrons. The lowest BCUT2D eigenvalue weighted by molar-refractivity contribution is -0.138. The number of nitrogen functional groups attached to an aromatic ring is 1. The molecule has 0 aliphatic carbocycles. The molecule has 1 atom stereocenters. The first-order valence-electron chi connectivity index (χ1n) is 3.92. The van der Waals surface area contributed by atoms with Crippen LogP contribution in [0.1, 0.15) is 6.99 Å². The molecule has 0 unspecified atom stereocenters. The largest absolute Gasteiger partial charge is 1.00 e. The minimum Gasteiger partial charge on any atom is -1.00 e. The molecule has 0 spiro atoms. The number of hydrogen-bond donors (Lipinski definition) is 3. The molecule has 0 aliphatic rings. The molecule has 5 N–H and O–H groups in total. The van der Waals surface area contributed by atoms with Crippen LogP contribution >= 0.6 is 0 Å². The first kappa shape index (κ1) is 12.7. The molecule has 0 saturated heterocycles. The van der Waals surface area contributed by atoms with Crippen LogP contribution in [-0.2, 0) is 11.2 Å². The van der Waals surface area contributed by atoms with Gasteiger partial charge in [-0.2, -0.15) is 0 Å². The zero-order valence-electron chi connectivity index (χ0n) is 8.48. The van der Waals surface area contributed by atoms with Gasteiger partial charge in [0.2, 0.25) is 0 Å². The number of carbonyl (C=O) groups is 1. The van der Waals surface area contributed by atoms with Crippen LogP contribution in [0, 0.1) is 0 Å². The Morgan fingerprint density at radius 1 is 1.43 bits per heavy atom. The van der Waals surface area contributed by atoms with Gasteiger partial charge in [-0.15, -0.1) is 0 Å². The molecule has 5 heteroatoms. The van der Waals surface area contributed by atoms with Crippen LogP contribution in [-0.4, -0.2) is 17.1 Å². The third-order valence-corrected chi connectivity index (χ3v) is 1.75. The fraction of sp³-hybridized carbons (Fsp3) is 0.222. The van der Waals surface area contributed by atoms with Crippen molar-refractivity contribution in [1.29, 1.82) is 0 Å². The Kier molecular flexibility index (Phi) is 4.97. The molecule has 0 bridgehead atoms. The molecule has 0 aromatic heterocycles. The Morgan fingerprint density at radius 2 is 1.93 bits per heavy atom. The van der Waals surface area contributed by atoms with Gasteiger partial charge in [0.25, 0.3) is 0 Å². The lowest BCUT2D eigenvalue weighted by Crippen LogP contribution is -3.00. The number of anilines is 1. The Labute approximate surface area is 89.8 Å². The van der Waals surface area contributed by atoms with E-state index in [1.165, 1.54) is 0 Å². The molecule has 0 saturated carbocycles. The van der Waals surface area contributed by atoms with Crippen molar-refractivity contribution in [1.82, 2.24) is 0 Å². The van der Waals surface area contributed by atoms with Crippen LogP contribution in [0.2, 0.25) is 0 Å². The van der Waals surface area contributed by atoms with E-state index < -0.39 is 12.0 Å². The topological polar surface area (TPSA) is 89.3 Å². The summed E-state index contributed by atoms with van der Waals surface area (Å²) in [6, 6.07) is 6.16. The highest BCUT2D eigenvalue weighted by molar-refractivity contribution is 5.73. The smallest absolute Gasteiger partial charge is 1.00 e. The zero-order chi connectivity index (χ0) is 9.84. The number of carboxylic acids is 1. The van der Waals surface area contributed by atoms with E-state index in [2.05, 4.69) is 0 Å².